The standard InChI is InChI=1S/C26H18ClFN2O3S2/c27-19-4-1-2-5-21(19)35-24-20(31)14-26(33-25(24)32,16-12-13-34-15-16)22-6-3-7-23(30-22)29-18-10-8-17(28)9-11-18/h1-13,15,31H,14H2,(H,29,30). The zero-order valence-corrected chi connectivity index (χ0v) is 20.5. The maximum absolute atomic E-state index is 13.3. The van der Waals surface area contributed by atoms with Crippen molar-refractivity contribution in [3.05, 3.63) is 116 Å². The number of thioether (sulfide) groups is 1. The Hall–Kier alpha value is -3.33. The molecule has 0 amide bonds. The Morgan fingerprint density at radius 2 is 1.89 bits per heavy atom. The molecule has 0 radical (unpaired) electrons. The van der Waals surface area contributed by atoms with Gasteiger partial charge in [-0.15, -0.1) is 0 Å². The van der Waals surface area contributed by atoms with Gasteiger partial charge in [-0.05, 0) is 65.4 Å². The number of carbonyl (C=O) groups excluding carboxylic acids is 1. The van der Waals surface area contributed by atoms with Crippen molar-refractivity contribution in [1.29, 1.82) is 0 Å². The fraction of sp³-hybridized carbons (Fsp3) is 0.0769. The van der Waals surface area contributed by atoms with Gasteiger partial charge in [0.25, 0.3) is 0 Å². The van der Waals surface area contributed by atoms with Crippen LogP contribution in [-0.2, 0) is 15.1 Å². The van der Waals surface area contributed by atoms with Crippen LogP contribution in [0.4, 0.5) is 15.9 Å². The molecule has 2 aromatic heterocycles. The van der Waals surface area contributed by atoms with Crippen LogP contribution >= 0.6 is 34.7 Å². The third-order valence-corrected chi connectivity index (χ3v) is 7.75. The number of aliphatic hydroxyl groups excluding tert-OH is 1. The second-order valence-electron chi connectivity index (χ2n) is 7.75. The largest absolute Gasteiger partial charge is 0.511 e. The summed E-state index contributed by atoms with van der Waals surface area (Å²) in [7, 11) is 0. The van der Waals surface area contributed by atoms with Gasteiger partial charge in [-0.3, -0.25) is 0 Å². The number of rotatable bonds is 6. The molecular weight excluding hydrogens is 507 g/mol. The predicted molar refractivity (Wildman–Crippen MR) is 137 cm³/mol. The first-order valence-electron chi connectivity index (χ1n) is 10.6. The summed E-state index contributed by atoms with van der Waals surface area (Å²) in [5.41, 5.74) is 0.495. The van der Waals surface area contributed by atoms with Crippen molar-refractivity contribution in [3.8, 4) is 0 Å². The molecular formula is C26H18ClFN2O3S2. The quantitative estimate of drug-likeness (QED) is 0.255. The normalized spacial score (nSPS) is 17.8. The zero-order valence-electron chi connectivity index (χ0n) is 18.1. The lowest BCUT2D eigenvalue weighted by Crippen LogP contribution is -2.39. The molecule has 5 nitrogen and oxygen atoms in total. The van der Waals surface area contributed by atoms with Crippen molar-refractivity contribution in [2.24, 2.45) is 0 Å². The molecule has 0 bridgehead atoms. The number of nitrogens with zero attached hydrogens (tertiary/aromatic N) is 1. The van der Waals surface area contributed by atoms with E-state index in [-0.39, 0.29) is 22.9 Å². The van der Waals surface area contributed by atoms with Gasteiger partial charge in [0.1, 0.15) is 22.3 Å². The Morgan fingerprint density at radius 3 is 2.60 bits per heavy atom. The molecule has 176 valence electrons. The Balaban J connectivity index is 1.52. The molecule has 0 fully saturated rings. The number of carbonyl (C=O) groups is 1. The van der Waals surface area contributed by atoms with E-state index in [1.165, 1.54) is 23.5 Å². The van der Waals surface area contributed by atoms with E-state index in [4.69, 9.17) is 21.3 Å². The summed E-state index contributed by atoms with van der Waals surface area (Å²) in [6.45, 7) is 0. The highest BCUT2D eigenvalue weighted by atomic mass is 35.5. The number of aliphatic hydroxyl groups is 1. The molecule has 0 aliphatic carbocycles. The molecule has 1 aliphatic rings. The van der Waals surface area contributed by atoms with E-state index in [1.54, 1.807) is 54.6 Å². The lowest BCUT2D eigenvalue weighted by molar-refractivity contribution is -0.154. The van der Waals surface area contributed by atoms with Crippen LogP contribution < -0.4 is 5.32 Å². The SMILES string of the molecule is O=C1OC(c2ccsc2)(c2cccc(Nc3ccc(F)cc3)n2)CC(O)=C1Sc1ccccc1Cl. The van der Waals surface area contributed by atoms with Crippen molar-refractivity contribution in [1.82, 2.24) is 4.98 Å². The maximum atomic E-state index is 13.3. The first-order valence-corrected chi connectivity index (χ1v) is 12.7. The molecule has 1 aliphatic heterocycles. The first kappa shape index (κ1) is 23.4. The lowest BCUT2D eigenvalue weighted by Gasteiger charge is -2.36. The molecule has 2 aromatic carbocycles. The van der Waals surface area contributed by atoms with Gasteiger partial charge < -0.3 is 15.2 Å². The lowest BCUT2D eigenvalue weighted by atomic mass is 9.86. The van der Waals surface area contributed by atoms with Gasteiger partial charge in [0.2, 0.25) is 0 Å². The van der Waals surface area contributed by atoms with Gasteiger partial charge in [-0.2, -0.15) is 11.3 Å². The molecule has 9 heteroatoms. The van der Waals surface area contributed by atoms with E-state index in [2.05, 4.69) is 5.32 Å². The summed E-state index contributed by atoms with van der Waals surface area (Å²) in [6, 6.07) is 20.1. The van der Waals surface area contributed by atoms with Gasteiger partial charge in [0, 0.05) is 16.1 Å². The highest BCUT2D eigenvalue weighted by molar-refractivity contribution is 8.04. The third kappa shape index (κ3) is 4.77. The number of aromatic nitrogens is 1. The molecule has 4 aromatic rings. The van der Waals surface area contributed by atoms with E-state index in [0.29, 0.717) is 32.7 Å². The van der Waals surface area contributed by atoms with Crippen LogP contribution in [0.15, 0.2) is 99.1 Å². The third-order valence-electron chi connectivity index (χ3n) is 5.45. The Morgan fingerprint density at radius 1 is 1.09 bits per heavy atom. The number of benzene rings is 2. The molecule has 5 rings (SSSR count). The van der Waals surface area contributed by atoms with Gasteiger partial charge in [-0.25, -0.2) is 14.2 Å². The Bertz CT molecular complexity index is 1410. The molecule has 1 unspecified atom stereocenters. The summed E-state index contributed by atoms with van der Waals surface area (Å²) in [5, 5.41) is 18.4. The average Bonchev–Trinajstić information content (AvgIpc) is 3.40. The van der Waals surface area contributed by atoms with Crippen LogP contribution in [0.5, 0.6) is 0 Å². The van der Waals surface area contributed by atoms with E-state index in [1.807, 2.05) is 16.8 Å². The smallest absolute Gasteiger partial charge is 0.349 e. The van der Waals surface area contributed by atoms with Crippen molar-refractivity contribution in [3.63, 3.8) is 0 Å². The van der Waals surface area contributed by atoms with Crippen LogP contribution in [0.2, 0.25) is 5.02 Å². The number of hydrogen-bond acceptors (Lipinski definition) is 7. The fourth-order valence-corrected chi connectivity index (χ4v) is 5.59. The highest BCUT2D eigenvalue weighted by Crippen LogP contribution is 2.47. The van der Waals surface area contributed by atoms with E-state index < -0.39 is 11.6 Å². The van der Waals surface area contributed by atoms with Crippen molar-refractivity contribution < 1.29 is 19.0 Å². The number of thiophene rings is 1. The summed E-state index contributed by atoms with van der Waals surface area (Å²) in [5.74, 6) is -0.616. The second-order valence-corrected chi connectivity index (χ2v) is 9.99. The monoisotopic (exact) mass is 524 g/mol. The molecule has 0 spiro atoms. The molecule has 3 heterocycles. The van der Waals surface area contributed by atoms with Gasteiger partial charge >= 0.3 is 5.97 Å². The zero-order chi connectivity index (χ0) is 24.4. The van der Waals surface area contributed by atoms with Crippen molar-refractivity contribution >= 4 is 52.2 Å². The van der Waals surface area contributed by atoms with Crippen LogP contribution in [-0.4, -0.2) is 16.1 Å². The van der Waals surface area contributed by atoms with Crippen LogP contribution in [0.25, 0.3) is 0 Å². The summed E-state index contributed by atoms with van der Waals surface area (Å²) in [6.07, 6.45) is 0.00919. The summed E-state index contributed by atoms with van der Waals surface area (Å²) in [4.78, 5) is 18.7. The highest BCUT2D eigenvalue weighted by Gasteiger charge is 2.47. The van der Waals surface area contributed by atoms with Crippen LogP contribution in [0.3, 0.4) is 0 Å². The topological polar surface area (TPSA) is 71.5 Å². The Kier molecular flexibility index (Phi) is 6.51. The first-order chi connectivity index (χ1) is 16.9. The number of pyridine rings is 1. The van der Waals surface area contributed by atoms with Crippen LogP contribution in [0, 0.1) is 5.82 Å². The van der Waals surface area contributed by atoms with Gasteiger partial charge in [0.15, 0.2) is 5.60 Å². The van der Waals surface area contributed by atoms with Crippen molar-refractivity contribution in [2.45, 2.75) is 16.9 Å². The van der Waals surface area contributed by atoms with Crippen LogP contribution in [0.1, 0.15) is 17.7 Å². The fourth-order valence-electron chi connectivity index (χ4n) is 3.77. The molecule has 35 heavy (non-hydrogen) atoms. The molecule has 1 atom stereocenters. The number of nitrogens with one attached hydrogen (secondary N) is 1. The number of ether oxygens (including phenoxy) is 1. The predicted octanol–water partition coefficient (Wildman–Crippen LogP) is 7.43. The number of anilines is 2. The minimum atomic E-state index is -1.31. The van der Waals surface area contributed by atoms with Crippen molar-refractivity contribution in [2.75, 3.05) is 5.32 Å². The average molecular weight is 525 g/mol. The van der Waals surface area contributed by atoms with E-state index >= 15 is 0 Å². The minimum absolute atomic E-state index is 0.00919. The number of hydrogen-bond donors (Lipinski definition) is 2. The minimum Gasteiger partial charge on any atom is -0.511 e. The van der Waals surface area contributed by atoms with E-state index in [0.717, 1.165) is 11.8 Å². The number of cyclic esters (lactones) is 1. The number of esters is 1. The second kappa shape index (κ2) is 9.73. The number of halogens is 2. The summed E-state index contributed by atoms with van der Waals surface area (Å²) < 4.78 is 19.3. The maximum Gasteiger partial charge on any atom is 0.349 e. The summed E-state index contributed by atoms with van der Waals surface area (Å²) >= 11 is 8.77. The molecule has 0 saturated carbocycles. The van der Waals surface area contributed by atoms with Gasteiger partial charge in [-0.1, -0.05) is 41.6 Å². The Labute approximate surface area is 214 Å². The van der Waals surface area contributed by atoms with E-state index in [9.17, 15) is 14.3 Å². The molecule has 0 saturated heterocycles. The molecule has 2 N–H and O–H groups in total. The van der Waals surface area contributed by atoms with Gasteiger partial charge in [0.05, 0.1) is 17.1 Å².